The van der Waals surface area contributed by atoms with Gasteiger partial charge in [-0.2, -0.15) is 13.8 Å². The fraction of sp³-hybridized carbons (Fsp3) is 0.522. The monoisotopic (exact) mass is 509 g/mol. The fourth-order valence-electron chi connectivity index (χ4n) is 4.54. The number of halogens is 3. The Kier molecular flexibility index (Phi) is 8.07. The summed E-state index contributed by atoms with van der Waals surface area (Å²) >= 11 is 6.30. The van der Waals surface area contributed by atoms with Crippen molar-refractivity contribution >= 4 is 40.6 Å². The summed E-state index contributed by atoms with van der Waals surface area (Å²) in [6.07, 6.45) is 4.77. The molecule has 2 aliphatic rings. The fourth-order valence-corrected chi connectivity index (χ4v) is 4.68. The van der Waals surface area contributed by atoms with Crippen molar-refractivity contribution in [1.29, 1.82) is 0 Å². The van der Waals surface area contributed by atoms with Gasteiger partial charge in [-0.05, 0) is 32.0 Å². The van der Waals surface area contributed by atoms with Crippen molar-refractivity contribution in [3.8, 4) is 5.75 Å². The number of aromatic nitrogens is 2. The maximum atomic E-state index is 13.2. The number of amides is 1. The number of alkyl halides is 2. The van der Waals surface area contributed by atoms with Crippen molar-refractivity contribution in [1.82, 2.24) is 14.9 Å². The Hall–Kier alpha value is -2.92. The number of primary amides is 1. The lowest BCUT2D eigenvalue weighted by Gasteiger charge is -2.34. The third kappa shape index (κ3) is 6.40. The molecule has 12 heteroatoms. The van der Waals surface area contributed by atoms with E-state index in [-0.39, 0.29) is 34.6 Å². The van der Waals surface area contributed by atoms with Gasteiger partial charge >= 0.3 is 6.61 Å². The van der Waals surface area contributed by atoms with Gasteiger partial charge in [-0.3, -0.25) is 4.79 Å². The van der Waals surface area contributed by atoms with Gasteiger partial charge in [0, 0.05) is 44.0 Å². The molecular weight excluding hydrogens is 480 g/mol. The molecule has 0 spiro atoms. The Morgan fingerprint density at radius 2 is 1.97 bits per heavy atom. The van der Waals surface area contributed by atoms with Crippen LogP contribution in [0.4, 0.5) is 31.9 Å². The van der Waals surface area contributed by atoms with Gasteiger partial charge < -0.3 is 30.9 Å². The van der Waals surface area contributed by atoms with Gasteiger partial charge in [0.2, 0.25) is 11.9 Å². The maximum absolute atomic E-state index is 13.2. The Morgan fingerprint density at radius 1 is 1.23 bits per heavy atom. The molecule has 0 radical (unpaired) electrons. The highest BCUT2D eigenvalue weighted by Gasteiger charge is 2.30. The minimum absolute atomic E-state index is 0.00874. The van der Waals surface area contributed by atoms with E-state index >= 15 is 0 Å². The van der Waals surface area contributed by atoms with Crippen LogP contribution in [0.5, 0.6) is 5.75 Å². The van der Waals surface area contributed by atoms with Crippen LogP contribution in [0.3, 0.4) is 0 Å². The Morgan fingerprint density at radius 3 is 2.69 bits per heavy atom. The smallest absolute Gasteiger partial charge is 0.387 e. The van der Waals surface area contributed by atoms with Crippen molar-refractivity contribution < 1.29 is 18.3 Å². The summed E-state index contributed by atoms with van der Waals surface area (Å²) in [5.74, 6) is -0.202. The number of ether oxygens (including phenoxy) is 1. The standard InChI is InChI=1S/C23H30ClF2N7O2/c1-32-8-10-33(11-9-32)14-6-7-18(19(12-14)35-22(25)26)30-23-28-13-16(24)21(31-23)29-17-5-3-2-4-15(17)20(27)34/h6-7,12-13,15,17,22H,2-5,8-11H2,1H3,(H2,27,34)(H2,28,29,30,31)/t15?,17-/m1/s1. The first kappa shape index (κ1) is 25.2. The summed E-state index contributed by atoms with van der Waals surface area (Å²) in [7, 11) is 2.05. The van der Waals surface area contributed by atoms with Crippen LogP contribution < -0.4 is 26.0 Å². The number of hydrogen-bond donors (Lipinski definition) is 3. The molecule has 1 saturated heterocycles. The number of nitrogens with zero attached hydrogens (tertiary/aromatic N) is 4. The van der Waals surface area contributed by atoms with Crippen LogP contribution in [0.1, 0.15) is 25.7 Å². The Bertz CT molecular complexity index is 1040. The number of likely N-dealkylation sites (N-methyl/N-ethyl adjacent to an activating group) is 1. The van der Waals surface area contributed by atoms with Crippen molar-refractivity contribution in [3.05, 3.63) is 29.4 Å². The minimum atomic E-state index is -2.99. The van der Waals surface area contributed by atoms with Gasteiger partial charge in [0.05, 0.1) is 17.8 Å². The molecule has 2 aromatic rings. The van der Waals surface area contributed by atoms with Gasteiger partial charge in [0.25, 0.3) is 0 Å². The van der Waals surface area contributed by atoms with Crippen molar-refractivity contribution in [3.63, 3.8) is 0 Å². The van der Waals surface area contributed by atoms with E-state index < -0.39 is 6.61 Å². The van der Waals surface area contributed by atoms with E-state index in [0.29, 0.717) is 17.9 Å². The van der Waals surface area contributed by atoms with E-state index in [1.807, 2.05) is 13.1 Å². The van der Waals surface area contributed by atoms with E-state index in [0.717, 1.165) is 51.1 Å². The molecule has 1 aromatic carbocycles. The predicted octanol–water partition coefficient (Wildman–Crippen LogP) is 3.68. The molecule has 2 atom stereocenters. The summed E-state index contributed by atoms with van der Waals surface area (Å²) in [5.41, 5.74) is 6.67. The summed E-state index contributed by atoms with van der Waals surface area (Å²) < 4.78 is 31.2. The first-order valence-corrected chi connectivity index (χ1v) is 12.1. The van der Waals surface area contributed by atoms with E-state index in [1.54, 1.807) is 12.1 Å². The lowest BCUT2D eigenvalue weighted by molar-refractivity contribution is -0.122. The minimum Gasteiger partial charge on any atom is -0.433 e. The number of piperazine rings is 1. The number of nitrogens with one attached hydrogen (secondary N) is 2. The highest BCUT2D eigenvalue weighted by atomic mass is 35.5. The molecule has 2 fully saturated rings. The second-order valence-electron chi connectivity index (χ2n) is 8.91. The molecule has 1 amide bonds. The molecule has 4 N–H and O–H groups in total. The lowest BCUT2D eigenvalue weighted by atomic mass is 9.84. The normalized spacial score (nSPS) is 21.1. The van der Waals surface area contributed by atoms with E-state index in [4.69, 9.17) is 22.1 Å². The Balaban J connectivity index is 1.54. The van der Waals surface area contributed by atoms with Crippen LogP contribution >= 0.6 is 11.6 Å². The van der Waals surface area contributed by atoms with Gasteiger partial charge in [0.1, 0.15) is 5.02 Å². The van der Waals surface area contributed by atoms with E-state index in [1.165, 1.54) is 6.20 Å². The second-order valence-corrected chi connectivity index (χ2v) is 9.32. The summed E-state index contributed by atoms with van der Waals surface area (Å²) in [5, 5.41) is 6.46. The van der Waals surface area contributed by atoms with Crippen molar-refractivity contribution in [2.24, 2.45) is 11.7 Å². The first-order valence-electron chi connectivity index (χ1n) is 11.7. The zero-order chi connectivity index (χ0) is 24.9. The second kappa shape index (κ2) is 11.2. The molecular formula is C23H30ClF2N7O2. The average molecular weight is 510 g/mol. The molecule has 4 rings (SSSR count). The Labute approximate surface area is 208 Å². The third-order valence-electron chi connectivity index (χ3n) is 6.49. The number of benzene rings is 1. The van der Waals surface area contributed by atoms with Gasteiger partial charge in [-0.1, -0.05) is 24.4 Å². The zero-order valence-corrected chi connectivity index (χ0v) is 20.3. The highest BCUT2D eigenvalue weighted by Crippen LogP contribution is 2.34. The first-order chi connectivity index (χ1) is 16.8. The van der Waals surface area contributed by atoms with Crippen LogP contribution in [0.25, 0.3) is 0 Å². The number of carbonyl (C=O) groups is 1. The van der Waals surface area contributed by atoms with Crippen LogP contribution in [-0.4, -0.2) is 66.7 Å². The maximum Gasteiger partial charge on any atom is 0.387 e. The largest absolute Gasteiger partial charge is 0.433 e. The molecule has 1 unspecified atom stereocenters. The number of carbonyl (C=O) groups excluding carboxylic acids is 1. The van der Waals surface area contributed by atoms with Crippen molar-refractivity contribution in [2.75, 3.05) is 48.8 Å². The number of hydrogen-bond acceptors (Lipinski definition) is 8. The molecule has 35 heavy (non-hydrogen) atoms. The summed E-state index contributed by atoms with van der Waals surface area (Å²) in [6.45, 7) is 0.368. The molecule has 0 bridgehead atoms. The molecule has 1 aliphatic carbocycles. The topological polar surface area (TPSA) is 109 Å². The molecule has 1 saturated carbocycles. The third-order valence-corrected chi connectivity index (χ3v) is 6.77. The van der Waals surface area contributed by atoms with E-state index in [2.05, 4.69) is 30.4 Å². The quantitative estimate of drug-likeness (QED) is 0.494. The van der Waals surface area contributed by atoms with E-state index in [9.17, 15) is 13.6 Å². The number of nitrogens with two attached hydrogens (primary N) is 1. The van der Waals surface area contributed by atoms with Crippen LogP contribution in [0.15, 0.2) is 24.4 Å². The summed E-state index contributed by atoms with van der Waals surface area (Å²) in [6, 6.07) is 4.91. The van der Waals surface area contributed by atoms with Gasteiger partial charge in [-0.15, -0.1) is 0 Å². The van der Waals surface area contributed by atoms with Crippen LogP contribution in [-0.2, 0) is 4.79 Å². The average Bonchev–Trinajstić information content (AvgIpc) is 2.82. The number of anilines is 4. The predicted molar refractivity (Wildman–Crippen MR) is 132 cm³/mol. The molecule has 1 aliphatic heterocycles. The molecule has 2 heterocycles. The lowest BCUT2D eigenvalue weighted by Crippen LogP contribution is -2.44. The molecule has 190 valence electrons. The molecule has 1 aromatic heterocycles. The SMILES string of the molecule is CN1CCN(c2ccc(Nc3ncc(Cl)c(N[C@@H]4CCCCC4C(N)=O)n3)c(OC(F)F)c2)CC1. The van der Waals surface area contributed by atoms with Crippen molar-refractivity contribution in [2.45, 2.75) is 38.3 Å². The summed E-state index contributed by atoms with van der Waals surface area (Å²) in [4.78, 5) is 24.8. The van der Waals surface area contributed by atoms with Gasteiger partial charge in [0.15, 0.2) is 11.6 Å². The zero-order valence-electron chi connectivity index (χ0n) is 19.5. The highest BCUT2D eigenvalue weighted by molar-refractivity contribution is 6.32. The van der Waals surface area contributed by atoms with Gasteiger partial charge in [-0.25, -0.2) is 4.98 Å². The molecule has 9 nitrogen and oxygen atoms in total. The van der Waals surface area contributed by atoms with Crippen LogP contribution in [0, 0.1) is 5.92 Å². The number of rotatable bonds is 8. The van der Waals surface area contributed by atoms with Crippen LogP contribution in [0.2, 0.25) is 5.02 Å².